The van der Waals surface area contributed by atoms with Crippen LogP contribution in [-0.2, 0) is 6.54 Å². The van der Waals surface area contributed by atoms with Gasteiger partial charge in [-0.25, -0.2) is 18.7 Å². The first-order valence-corrected chi connectivity index (χ1v) is 9.85. The molecule has 31 heavy (non-hydrogen) atoms. The highest BCUT2D eigenvalue weighted by Gasteiger charge is 2.17. The standard InChI is InChI=1S/C25H18F2N4/c26-19-8-6-17(7-9-19)14-28-24-23-22(18-4-2-1-3-5-18)15-31(25(23)30-16-29-24)21-12-10-20(27)11-13-21/h1-13,15-16H,14H2,(H,28,29,30). The zero-order chi connectivity index (χ0) is 21.2. The molecule has 2 heterocycles. The van der Waals surface area contributed by atoms with E-state index in [4.69, 9.17) is 0 Å². The molecule has 2 aromatic heterocycles. The average molecular weight is 412 g/mol. The Bertz CT molecular complexity index is 1330. The second-order valence-electron chi connectivity index (χ2n) is 7.16. The van der Waals surface area contributed by atoms with E-state index in [1.54, 1.807) is 24.3 Å². The highest BCUT2D eigenvalue weighted by Crippen LogP contribution is 2.35. The van der Waals surface area contributed by atoms with Gasteiger partial charge < -0.3 is 9.88 Å². The summed E-state index contributed by atoms with van der Waals surface area (Å²) in [4.78, 5) is 9.00. The first-order chi connectivity index (χ1) is 15.2. The van der Waals surface area contributed by atoms with Gasteiger partial charge >= 0.3 is 0 Å². The van der Waals surface area contributed by atoms with Crippen molar-refractivity contribution in [1.29, 1.82) is 0 Å². The quantitative estimate of drug-likeness (QED) is 0.386. The molecule has 0 aliphatic heterocycles. The summed E-state index contributed by atoms with van der Waals surface area (Å²) in [6.07, 6.45) is 3.50. The van der Waals surface area contributed by atoms with Crippen LogP contribution in [0.4, 0.5) is 14.6 Å². The average Bonchev–Trinajstić information content (AvgIpc) is 3.20. The molecule has 6 heteroatoms. The van der Waals surface area contributed by atoms with Gasteiger partial charge in [-0.05, 0) is 47.5 Å². The van der Waals surface area contributed by atoms with Crippen LogP contribution in [0.25, 0.3) is 27.8 Å². The molecule has 0 saturated carbocycles. The Labute approximate surface area is 177 Å². The van der Waals surface area contributed by atoms with Crippen LogP contribution in [-0.4, -0.2) is 14.5 Å². The minimum Gasteiger partial charge on any atom is -0.365 e. The second-order valence-corrected chi connectivity index (χ2v) is 7.16. The highest BCUT2D eigenvalue weighted by molar-refractivity contribution is 6.02. The van der Waals surface area contributed by atoms with Gasteiger partial charge in [0.1, 0.15) is 23.8 Å². The fourth-order valence-electron chi connectivity index (χ4n) is 3.62. The van der Waals surface area contributed by atoms with Gasteiger partial charge in [0, 0.05) is 24.0 Å². The molecule has 4 nitrogen and oxygen atoms in total. The molecule has 1 N–H and O–H groups in total. The number of nitrogens with zero attached hydrogens (tertiary/aromatic N) is 3. The third kappa shape index (κ3) is 3.75. The van der Waals surface area contributed by atoms with Crippen molar-refractivity contribution in [3.63, 3.8) is 0 Å². The topological polar surface area (TPSA) is 42.7 Å². The van der Waals surface area contributed by atoms with Crippen molar-refractivity contribution in [3.8, 4) is 16.8 Å². The third-order valence-corrected chi connectivity index (χ3v) is 5.15. The van der Waals surface area contributed by atoms with Gasteiger partial charge in [-0.1, -0.05) is 42.5 Å². The lowest BCUT2D eigenvalue weighted by atomic mass is 10.1. The number of aromatic nitrogens is 3. The Kier molecular flexibility index (Phi) is 4.88. The van der Waals surface area contributed by atoms with Crippen LogP contribution in [0.5, 0.6) is 0 Å². The van der Waals surface area contributed by atoms with Gasteiger partial charge in [0.2, 0.25) is 0 Å². The Balaban J connectivity index is 1.64. The van der Waals surface area contributed by atoms with Gasteiger partial charge in [0.15, 0.2) is 5.65 Å². The molecule has 0 amide bonds. The summed E-state index contributed by atoms with van der Waals surface area (Å²) < 4.78 is 28.6. The Morgan fingerprint density at radius 3 is 2.16 bits per heavy atom. The van der Waals surface area contributed by atoms with Crippen molar-refractivity contribution < 1.29 is 8.78 Å². The molecule has 3 aromatic carbocycles. The second kappa shape index (κ2) is 7.99. The number of anilines is 1. The van der Waals surface area contributed by atoms with Crippen molar-refractivity contribution >= 4 is 16.9 Å². The fraction of sp³-hybridized carbons (Fsp3) is 0.0400. The molecule has 0 radical (unpaired) electrons. The van der Waals surface area contributed by atoms with Crippen LogP contribution in [0.3, 0.4) is 0 Å². The van der Waals surface area contributed by atoms with E-state index in [9.17, 15) is 8.78 Å². The molecular weight excluding hydrogens is 394 g/mol. The molecule has 0 spiro atoms. The van der Waals surface area contributed by atoms with Crippen LogP contribution >= 0.6 is 0 Å². The number of benzene rings is 3. The molecule has 0 bridgehead atoms. The van der Waals surface area contributed by atoms with E-state index in [-0.39, 0.29) is 11.6 Å². The number of hydrogen-bond acceptors (Lipinski definition) is 3. The van der Waals surface area contributed by atoms with Crippen LogP contribution in [0, 0.1) is 11.6 Å². The minimum atomic E-state index is -0.292. The van der Waals surface area contributed by atoms with E-state index in [0.29, 0.717) is 18.0 Å². The third-order valence-electron chi connectivity index (χ3n) is 5.15. The van der Waals surface area contributed by atoms with E-state index in [1.165, 1.54) is 30.6 Å². The summed E-state index contributed by atoms with van der Waals surface area (Å²) in [6, 6.07) is 22.6. The van der Waals surface area contributed by atoms with Crippen molar-refractivity contribution in [3.05, 3.63) is 109 Å². The summed E-state index contributed by atoms with van der Waals surface area (Å²) in [7, 11) is 0. The van der Waals surface area contributed by atoms with Crippen molar-refractivity contribution in [2.75, 3.05) is 5.32 Å². The molecule has 0 unspecified atom stereocenters. The van der Waals surface area contributed by atoms with E-state index >= 15 is 0 Å². The SMILES string of the molecule is Fc1ccc(CNc2ncnc3c2c(-c2ccccc2)cn3-c2ccc(F)cc2)cc1. The van der Waals surface area contributed by atoms with Crippen molar-refractivity contribution in [2.24, 2.45) is 0 Å². The van der Waals surface area contributed by atoms with Crippen LogP contribution in [0.1, 0.15) is 5.56 Å². The fourth-order valence-corrected chi connectivity index (χ4v) is 3.62. The first-order valence-electron chi connectivity index (χ1n) is 9.85. The molecule has 152 valence electrons. The van der Waals surface area contributed by atoms with Gasteiger partial charge in [-0.15, -0.1) is 0 Å². The molecule has 0 atom stereocenters. The predicted molar refractivity (Wildman–Crippen MR) is 118 cm³/mol. The summed E-state index contributed by atoms with van der Waals surface area (Å²) >= 11 is 0. The van der Waals surface area contributed by atoms with Crippen LogP contribution < -0.4 is 5.32 Å². The lowest BCUT2D eigenvalue weighted by Gasteiger charge is -2.09. The number of hydrogen-bond donors (Lipinski definition) is 1. The maximum Gasteiger partial charge on any atom is 0.150 e. The number of halogens is 2. The van der Waals surface area contributed by atoms with Gasteiger partial charge in [-0.3, -0.25) is 0 Å². The lowest BCUT2D eigenvalue weighted by molar-refractivity contribution is 0.627. The smallest absolute Gasteiger partial charge is 0.150 e. The lowest BCUT2D eigenvalue weighted by Crippen LogP contribution is -2.03. The number of rotatable bonds is 5. The summed E-state index contributed by atoms with van der Waals surface area (Å²) in [5.41, 5.74) is 4.43. The van der Waals surface area contributed by atoms with E-state index in [2.05, 4.69) is 15.3 Å². The monoisotopic (exact) mass is 412 g/mol. The zero-order valence-corrected chi connectivity index (χ0v) is 16.5. The van der Waals surface area contributed by atoms with E-state index in [1.807, 2.05) is 41.1 Å². The van der Waals surface area contributed by atoms with E-state index < -0.39 is 0 Å². The normalized spacial score (nSPS) is 11.0. The van der Waals surface area contributed by atoms with Crippen molar-refractivity contribution in [1.82, 2.24) is 14.5 Å². The largest absolute Gasteiger partial charge is 0.365 e. The Hall–Kier alpha value is -4.06. The number of fused-ring (bicyclic) bond motifs is 1. The molecule has 0 aliphatic rings. The molecule has 0 saturated heterocycles. The molecule has 5 rings (SSSR count). The molecule has 0 fully saturated rings. The summed E-state index contributed by atoms with van der Waals surface area (Å²) in [5, 5.41) is 4.22. The van der Waals surface area contributed by atoms with E-state index in [0.717, 1.165) is 27.8 Å². The molecule has 0 aliphatic carbocycles. The highest BCUT2D eigenvalue weighted by atomic mass is 19.1. The predicted octanol–water partition coefficient (Wildman–Crippen LogP) is 5.98. The zero-order valence-electron chi connectivity index (χ0n) is 16.5. The Morgan fingerprint density at radius 2 is 1.45 bits per heavy atom. The van der Waals surface area contributed by atoms with Crippen molar-refractivity contribution in [2.45, 2.75) is 6.54 Å². The minimum absolute atomic E-state index is 0.268. The number of nitrogens with one attached hydrogen (secondary N) is 1. The summed E-state index contributed by atoms with van der Waals surface area (Å²) in [6.45, 7) is 0.488. The van der Waals surface area contributed by atoms with Gasteiger partial charge in [-0.2, -0.15) is 0 Å². The van der Waals surface area contributed by atoms with Gasteiger partial charge in [0.25, 0.3) is 0 Å². The summed E-state index contributed by atoms with van der Waals surface area (Å²) in [5.74, 6) is 0.115. The van der Waals surface area contributed by atoms with Gasteiger partial charge in [0.05, 0.1) is 5.39 Å². The maximum atomic E-state index is 13.5. The molecular formula is C25H18F2N4. The maximum absolute atomic E-state index is 13.5. The van der Waals surface area contributed by atoms with Crippen LogP contribution in [0.15, 0.2) is 91.4 Å². The Morgan fingerprint density at radius 1 is 0.774 bits per heavy atom. The molecule has 5 aromatic rings. The van der Waals surface area contributed by atoms with Crippen LogP contribution in [0.2, 0.25) is 0 Å². The first kappa shape index (κ1) is 18.9.